The number of benzene rings is 1. The van der Waals surface area contributed by atoms with Crippen molar-refractivity contribution in [3.05, 3.63) is 23.5 Å². The summed E-state index contributed by atoms with van der Waals surface area (Å²) in [6.45, 7) is 2.40. The zero-order valence-electron chi connectivity index (χ0n) is 10.3. The van der Waals surface area contributed by atoms with E-state index in [1.807, 2.05) is 6.92 Å². The number of halogens is 1. The molecule has 1 aliphatic rings. The van der Waals surface area contributed by atoms with E-state index in [2.05, 4.69) is 4.40 Å². The molecule has 0 aromatic heterocycles. The standard InChI is InChI=1S/C11H13FN2O3S/c1-4-14(2)11-9-8(17-3)6-5-7(12)10(9)18(15,16)13-11/h5-6H,4H2,1-3H3. The molecule has 2 rings (SSSR count). The van der Waals surface area contributed by atoms with Crippen molar-refractivity contribution in [1.29, 1.82) is 0 Å². The van der Waals surface area contributed by atoms with Crippen LogP contribution in [0.4, 0.5) is 4.39 Å². The first kappa shape index (κ1) is 12.8. The first-order chi connectivity index (χ1) is 8.42. The minimum Gasteiger partial charge on any atom is -0.496 e. The van der Waals surface area contributed by atoms with Crippen LogP contribution in [-0.4, -0.2) is 39.9 Å². The van der Waals surface area contributed by atoms with E-state index in [0.29, 0.717) is 12.3 Å². The maximum absolute atomic E-state index is 13.7. The first-order valence-electron chi connectivity index (χ1n) is 5.35. The van der Waals surface area contributed by atoms with E-state index >= 15 is 0 Å². The van der Waals surface area contributed by atoms with Gasteiger partial charge in [0.15, 0.2) is 5.84 Å². The zero-order chi connectivity index (χ0) is 13.5. The first-order valence-corrected chi connectivity index (χ1v) is 6.79. The quantitative estimate of drug-likeness (QED) is 0.812. The molecule has 0 fully saturated rings. The van der Waals surface area contributed by atoms with Gasteiger partial charge in [-0.1, -0.05) is 0 Å². The lowest BCUT2D eigenvalue weighted by molar-refractivity contribution is 0.408. The Morgan fingerprint density at radius 2 is 2.11 bits per heavy atom. The second-order valence-electron chi connectivity index (χ2n) is 3.86. The van der Waals surface area contributed by atoms with Gasteiger partial charge < -0.3 is 9.64 Å². The molecule has 0 amide bonds. The maximum Gasteiger partial charge on any atom is 0.288 e. The monoisotopic (exact) mass is 272 g/mol. The fourth-order valence-corrected chi connectivity index (χ4v) is 3.10. The van der Waals surface area contributed by atoms with Gasteiger partial charge in [-0.2, -0.15) is 8.42 Å². The number of methoxy groups -OCH3 is 1. The van der Waals surface area contributed by atoms with E-state index < -0.39 is 20.7 Å². The lowest BCUT2D eigenvalue weighted by Gasteiger charge is -2.17. The van der Waals surface area contributed by atoms with E-state index in [-0.39, 0.29) is 11.4 Å². The molecule has 0 saturated heterocycles. The van der Waals surface area contributed by atoms with Gasteiger partial charge in [-0.15, -0.1) is 4.40 Å². The Bertz CT molecular complexity index is 625. The molecule has 1 heterocycles. The van der Waals surface area contributed by atoms with Gasteiger partial charge in [0, 0.05) is 13.6 Å². The van der Waals surface area contributed by atoms with Gasteiger partial charge in [0.1, 0.15) is 16.5 Å². The van der Waals surface area contributed by atoms with Gasteiger partial charge in [-0.25, -0.2) is 4.39 Å². The van der Waals surface area contributed by atoms with Crippen molar-refractivity contribution in [3.63, 3.8) is 0 Å². The van der Waals surface area contributed by atoms with Gasteiger partial charge in [0.05, 0.1) is 12.7 Å². The smallest absolute Gasteiger partial charge is 0.288 e. The maximum atomic E-state index is 13.7. The van der Waals surface area contributed by atoms with E-state index in [0.717, 1.165) is 6.07 Å². The molecule has 0 saturated carbocycles. The Hall–Kier alpha value is -1.63. The van der Waals surface area contributed by atoms with Crippen LogP contribution in [0, 0.1) is 5.82 Å². The Kier molecular flexibility index (Phi) is 3.02. The number of ether oxygens (including phenoxy) is 1. The Morgan fingerprint density at radius 3 is 2.67 bits per heavy atom. The summed E-state index contributed by atoms with van der Waals surface area (Å²) in [5.41, 5.74) is 0.196. The molecule has 0 unspecified atom stereocenters. The molecule has 1 aromatic rings. The third kappa shape index (κ3) is 1.74. The summed E-state index contributed by atoms with van der Waals surface area (Å²) >= 11 is 0. The SMILES string of the molecule is CCN(C)C1=NS(=O)(=O)c2c(F)ccc(OC)c21. The fraction of sp³-hybridized carbons (Fsp3) is 0.364. The average molecular weight is 272 g/mol. The third-order valence-corrected chi connectivity index (χ3v) is 4.14. The van der Waals surface area contributed by atoms with Crippen molar-refractivity contribution in [2.75, 3.05) is 20.7 Å². The minimum atomic E-state index is -3.98. The number of hydrogen-bond acceptors (Lipinski definition) is 4. The highest BCUT2D eigenvalue weighted by Gasteiger charge is 2.36. The molecule has 18 heavy (non-hydrogen) atoms. The normalized spacial score (nSPS) is 16.1. The predicted molar refractivity (Wildman–Crippen MR) is 65.0 cm³/mol. The minimum absolute atomic E-state index is 0.196. The van der Waals surface area contributed by atoms with E-state index in [4.69, 9.17) is 4.74 Å². The topological polar surface area (TPSA) is 59.0 Å². The lowest BCUT2D eigenvalue weighted by atomic mass is 10.1. The summed E-state index contributed by atoms with van der Waals surface area (Å²) in [5.74, 6) is -0.301. The van der Waals surface area contributed by atoms with E-state index in [1.165, 1.54) is 13.2 Å². The summed E-state index contributed by atoms with van der Waals surface area (Å²) in [6.07, 6.45) is 0. The van der Waals surface area contributed by atoms with Crippen molar-refractivity contribution < 1.29 is 17.5 Å². The molecule has 7 heteroatoms. The van der Waals surface area contributed by atoms with Crippen LogP contribution in [0.15, 0.2) is 21.4 Å². The molecule has 1 aromatic carbocycles. The van der Waals surface area contributed by atoms with Crippen LogP contribution in [-0.2, 0) is 10.0 Å². The number of sulfonamides is 1. The molecule has 0 bridgehead atoms. The van der Waals surface area contributed by atoms with Crippen LogP contribution >= 0.6 is 0 Å². The molecule has 0 aliphatic carbocycles. The highest BCUT2D eigenvalue weighted by atomic mass is 32.2. The van der Waals surface area contributed by atoms with Gasteiger partial charge in [0.2, 0.25) is 0 Å². The van der Waals surface area contributed by atoms with Crippen molar-refractivity contribution in [1.82, 2.24) is 4.90 Å². The Labute approximate surface area is 105 Å². The summed E-state index contributed by atoms with van der Waals surface area (Å²) in [4.78, 5) is 1.22. The molecular weight excluding hydrogens is 259 g/mol. The summed E-state index contributed by atoms with van der Waals surface area (Å²) in [7, 11) is -0.889. The van der Waals surface area contributed by atoms with Crippen molar-refractivity contribution >= 4 is 15.9 Å². The summed E-state index contributed by atoms with van der Waals surface area (Å²) in [6, 6.07) is 2.47. The highest BCUT2D eigenvalue weighted by molar-refractivity contribution is 7.90. The van der Waals surface area contributed by atoms with Crippen LogP contribution in [0.1, 0.15) is 12.5 Å². The molecule has 0 atom stereocenters. The second-order valence-corrected chi connectivity index (χ2v) is 5.40. The molecule has 5 nitrogen and oxygen atoms in total. The average Bonchev–Trinajstić information content (AvgIpc) is 2.62. The van der Waals surface area contributed by atoms with Gasteiger partial charge in [-0.05, 0) is 19.1 Å². The van der Waals surface area contributed by atoms with Crippen LogP contribution in [0.5, 0.6) is 5.75 Å². The number of nitrogens with zero attached hydrogens (tertiary/aromatic N) is 2. The molecule has 98 valence electrons. The van der Waals surface area contributed by atoms with E-state index in [9.17, 15) is 12.8 Å². The molecule has 0 spiro atoms. The summed E-state index contributed by atoms with van der Waals surface area (Å²) in [5, 5.41) is 0. The number of amidine groups is 1. The largest absolute Gasteiger partial charge is 0.496 e. The van der Waals surface area contributed by atoms with Crippen molar-refractivity contribution in [2.45, 2.75) is 11.8 Å². The summed E-state index contributed by atoms with van der Waals surface area (Å²) < 4.78 is 46.2. The van der Waals surface area contributed by atoms with Crippen LogP contribution in [0.25, 0.3) is 0 Å². The van der Waals surface area contributed by atoms with Gasteiger partial charge >= 0.3 is 0 Å². The molecule has 0 radical (unpaired) electrons. The highest BCUT2D eigenvalue weighted by Crippen LogP contribution is 2.36. The van der Waals surface area contributed by atoms with Crippen LogP contribution in [0.2, 0.25) is 0 Å². The van der Waals surface area contributed by atoms with Gasteiger partial charge in [-0.3, -0.25) is 0 Å². The number of fused-ring (bicyclic) bond motifs is 1. The van der Waals surface area contributed by atoms with Crippen LogP contribution < -0.4 is 4.74 Å². The zero-order valence-corrected chi connectivity index (χ0v) is 11.1. The molecular formula is C11H13FN2O3S. The van der Waals surface area contributed by atoms with Crippen molar-refractivity contribution in [3.8, 4) is 5.75 Å². The second kappa shape index (κ2) is 4.24. The van der Waals surface area contributed by atoms with Crippen LogP contribution in [0.3, 0.4) is 0 Å². The fourth-order valence-electron chi connectivity index (χ4n) is 1.79. The van der Waals surface area contributed by atoms with Crippen molar-refractivity contribution in [2.24, 2.45) is 4.40 Å². The number of rotatable bonds is 2. The molecule has 0 N–H and O–H groups in total. The Balaban J connectivity index is 2.79. The van der Waals surface area contributed by atoms with E-state index in [1.54, 1.807) is 11.9 Å². The molecule has 1 aliphatic heterocycles. The predicted octanol–water partition coefficient (Wildman–Crippen LogP) is 1.23. The Morgan fingerprint density at radius 1 is 1.44 bits per heavy atom. The van der Waals surface area contributed by atoms with Gasteiger partial charge in [0.25, 0.3) is 10.0 Å². The third-order valence-electron chi connectivity index (χ3n) is 2.82. The lowest BCUT2D eigenvalue weighted by Crippen LogP contribution is -2.26. The number of hydrogen-bond donors (Lipinski definition) is 0.